The van der Waals surface area contributed by atoms with Gasteiger partial charge < -0.3 is 15.2 Å². The minimum Gasteiger partial charge on any atom is -0.357 e. The van der Waals surface area contributed by atoms with Gasteiger partial charge in [-0.1, -0.05) is 13.0 Å². The number of hydrogen-bond donors (Lipinski definition) is 2. The van der Waals surface area contributed by atoms with Crippen molar-refractivity contribution in [2.75, 3.05) is 13.1 Å². The Bertz CT molecular complexity index is 719. The SMILES string of the molecule is CCNC(=NCCn1cnnc1CC)NC(C)c1ccc(F)c(F)c1.I. The highest BCUT2D eigenvalue weighted by Crippen LogP contribution is 2.15. The summed E-state index contributed by atoms with van der Waals surface area (Å²) in [5.41, 5.74) is 0.650. The lowest BCUT2D eigenvalue weighted by molar-refractivity contribution is 0.504. The van der Waals surface area contributed by atoms with E-state index < -0.39 is 11.6 Å². The van der Waals surface area contributed by atoms with Gasteiger partial charge in [0.25, 0.3) is 0 Å². The number of halogens is 3. The lowest BCUT2D eigenvalue weighted by atomic mass is 10.1. The smallest absolute Gasteiger partial charge is 0.191 e. The van der Waals surface area contributed by atoms with Crippen LogP contribution in [-0.2, 0) is 13.0 Å². The Labute approximate surface area is 169 Å². The number of rotatable bonds is 7. The number of aliphatic imine (C=N–C) groups is 1. The molecule has 0 radical (unpaired) electrons. The molecule has 0 bridgehead atoms. The van der Waals surface area contributed by atoms with Gasteiger partial charge in [-0.3, -0.25) is 4.99 Å². The standard InChI is InChI=1S/C17H24F2N6.HI/c1-4-16-24-22-11-25(16)9-8-21-17(20-5-2)23-12(3)13-6-7-14(18)15(19)10-13;/h6-7,10-12H,4-5,8-9H2,1-3H3,(H2,20,21,23);1H. The Morgan fingerprint density at radius 2 is 2.04 bits per heavy atom. The molecular formula is C17H25F2IN6. The number of aromatic nitrogens is 3. The first-order valence-electron chi connectivity index (χ1n) is 8.41. The van der Waals surface area contributed by atoms with Gasteiger partial charge in [-0.05, 0) is 31.5 Å². The van der Waals surface area contributed by atoms with E-state index in [9.17, 15) is 8.78 Å². The molecule has 0 saturated heterocycles. The predicted molar refractivity (Wildman–Crippen MR) is 109 cm³/mol. The molecule has 0 fully saturated rings. The number of nitrogens with one attached hydrogen (secondary N) is 2. The highest BCUT2D eigenvalue weighted by atomic mass is 127. The minimum absolute atomic E-state index is 0. The third-order valence-corrected chi connectivity index (χ3v) is 3.76. The van der Waals surface area contributed by atoms with Crippen molar-refractivity contribution in [3.8, 4) is 0 Å². The molecule has 0 aliphatic heterocycles. The van der Waals surface area contributed by atoms with Crippen LogP contribution in [0.4, 0.5) is 8.78 Å². The van der Waals surface area contributed by atoms with Crippen LogP contribution in [0.25, 0.3) is 0 Å². The third-order valence-electron chi connectivity index (χ3n) is 3.76. The molecule has 9 heteroatoms. The number of guanidine groups is 1. The van der Waals surface area contributed by atoms with Crippen molar-refractivity contribution in [1.29, 1.82) is 0 Å². The summed E-state index contributed by atoms with van der Waals surface area (Å²) in [4.78, 5) is 4.52. The molecule has 1 atom stereocenters. The number of benzene rings is 1. The average Bonchev–Trinajstić information content (AvgIpc) is 3.05. The number of nitrogens with zero attached hydrogens (tertiary/aromatic N) is 4. The van der Waals surface area contributed by atoms with Crippen LogP contribution >= 0.6 is 24.0 Å². The molecule has 144 valence electrons. The summed E-state index contributed by atoms with van der Waals surface area (Å²) in [7, 11) is 0. The normalized spacial score (nSPS) is 12.4. The Morgan fingerprint density at radius 3 is 2.69 bits per heavy atom. The van der Waals surface area contributed by atoms with Crippen molar-refractivity contribution < 1.29 is 8.78 Å². The maximum atomic E-state index is 13.4. The molecule has 6 nitrogen and oxygen atoms in total. The second-order valence-electron chi connectivity index (χ2n) is 5.59. The Morgan fingerprint density at radius 1 is 1.27 bits per heavy atom. The van der Waals surface area contributed by atoms with Crippen molar-refractivity contribution >= 4 is 29.9 Å². The molecule has 1 unspecified atom stereocenters. The van der Waals surface area contributed by atoms with Gasteiger partial charge >= 0.3 is 0 Å². The summed E-state index contributed by atoms with van der Waals surface area (Å²) in [6.07, 6.45) is 2.51. The van der Waals surface area contributed by atoms with Gasteiger partial charge in [0, 0.05) is 19.5 Å². The highest BCUT2D eigenvalue weighted by molar-refractivity contribution is 14.0. The van der Waals surface area contributed by atoms with E-state index in [4.69, 9.17) is 0 Å². The monoisotopic (exact) mass is 478 g/mol. The largest absolute Gasteiger partial charge is 0.357 e. The average molecular weight is 478 g/mol. The molecular weight excluding hydrogens is 453 g/mol. The fourth-order valence-corrected chi connectivity index (χ4v) is 2.40. The predicted octanol–water partition coefficient (Wildman–Crippen LogP) is 3.05. The summed E-state index contributed by atoms with van der Waals surface area (Å²) in [5.74, 6) is -0.167. The van der Waals surface area contributed by atoms with E-state index in [0.717, 1.165) is 18.3 Å². The summed E-state index contributed by atoms with van der Waals surface area (Å²) in [6, 6.07) is 3.67. The van der Waals surface area contributed by atoms with Gasteiger partial charge in [-0.2, -0.15) is 0 Å². The van der Waals surface area contributed by atoms with Crippen LogP contribution in [0.3, 0.4) is 0 Å². The van der Waals surface area contributed by atoms with E-state index in [1.807, 2.05) is 25.3 Å². The lowest BCUT2D eigenvalue weighted by Gasteiger charge is -2.18. The first-order valence-corrected chi connectivity index (χ1v) is 8.41. The minimum atomic E-state index is -0.854. The van der Waals surface area contributed by atoms with Gasteiger partial charge in [0.05, 0.1) is 12.6 Å². The quantitative estimate of drug-likeness (QED) is 0.365. The Balaban J connectivity index is 0.00000338. The molecule has 0 aliphatic carbocycles. The van der Waals surface area contributed by atoms with Crippen LogP contribution in [0.1, 0.15) is 38.2 Å². The van der Waals surface area contributed by atoms with Crippen LogP contribution < -0.4 is 10.6 Å². The molecule has 2 rings (SSSR count). The Hall–Kier alpha value is -1.78. The van der Waals surface area contributed by atoms with E-state index >= 15 is 0 Å². The molecule has 2 N–H and O–H groups in total. The first kappa shape index (κ1) is 22.3. The molecule has 0 spiro atoms. The lowest BCUT2D eigenvalue weighted by Crippen LogP contribution is -2.39. The second-order valence-corrected chi connectivity index (χ2v) is 5.59. The molecule has 0 aliphatic rings. The topological polar surface area (TPSA) is 67.1 Å². The summed E-state index contributed by atoms with van der Waals surface area (Å²) < 4.78 is 28.4. The molecule has 1 aromatic heterocycles. The van der Waals surface area contributed by atoms with Crippen molar-refractivity contribution in [1.82, 2.24) is 25.4 Å². The fourth-order valence-electron chi connectivity index (χ4n) is 2.40. The zero-order valence-electron chi connectivity index (χ0n) is 15.2. The van der Waals surface area contributed by atoms with Gasteiger partial charge in [0.1, 0.15) is 12.2 Å². The van der Waals surface area contributed by atoms with Crippen molar-refractivity contribution in [2.24, 2.45) is 4.99 Å². The van der Waals surface area contributed by atoms with Crippen LogP contribution in [0.2, 0.25) is 0 Å². The van der Waals surface area contributed by atoms with Crippen molar-refractivity contribution in [2.45, 2.75) is 39.8 Å². The highest BCUT2D eigenvalue weighted by Gasteiger charge is 2.11. The van der Waals surface area contributed by atoms with E-state index in [0.29, 0.717) is 31.2 Å². The molecule has 0 amide bonds. The summed E-state index contributed by atoms with van der Waals surface area (Å²) in [5, 5.41) is 14.3. The molecule has 1 aromatic carbocycles. The fraction of sp³-hybridized carbons (Fsp3) is 0.471. The van der Waals surface area contributed by atoms with Crippen LogP contribution in [0, 0.1) is 11.6 Å². The first-order chi connectivity index (χ1) is 12.0. The molecule has 2 aromatic rings. The number of aryl methyl sites for hydroxylation is 1. The van der Waals surface area contributed by atoms with Gasteiger partial charge in [-0.25, -0.2) is 8.78 Å². The van der Waals surface area contributed by atoms with Crippen LogP contribution in [0.15, 0.2) is 29.5 Å². The Kier molecular flexibility index (Phi) is 9.46. The van der Waals surface area contributed by atoms with E-state index in [1.54, 1.807) is 12.4 Å². The summed E-state index contributed by atoms with van der Waals surface area (Å²) in [6.45, 7) is 7.78. The van der Waals surface area contributed by atoms with Crippen molar-refractivity contribution in [3.63, 3.8) is 0 Å². The molecule has 1 heterocycles. The molecule has 26 heavy (non-hydrogen) atoms. The van der Waals surface area contributed by atoms with E-state index in [2.05, 4.69) is 25.8 Å². The maximum Gasteiger partial charge on any atom is 0.191 e. The zero-order valence-corrected chi connectivity index (χ0v) is 17.5. The van der Waals surface area contributed by atoms with Gasteiger partial charge in [0.15, 0.2) is 17.6 Å². The zero-order chi connectivity index (χ0) is 18.2. The van der Waals surface area contributed by atoms with E-state index in [-0.39, 0.29) is 30.0 Å². The summed E-state index contributed by atoms with van der Waals surface area (Å²) >= 11 is 0. The van der Waals surface area contributed by atoms with Gasteiger partial charge in [0.2, 0.25) is 0 Å². The number of hydrogen-bond acceptors (Lipinski definition) is 3. The van der Waals surface area contributed by atoms with Crippen LogP contribution in [-0.4, -0.2) is 33.8 Å². The van der Waals surface area contributed by atoms with Crippen LogP contribution in [0.5, 0.6) is 0 Å². The maximum absolute atomic E-state index is 13.4. The van der Waals surface area contributed by atoms with Gasteiger partial charge in [-0.15, -0.1) is 34.2 Å². The van der Waals surface area contributed by atoms with Crippen molar-refractivity contribution in [3.05, 3.63) is 47.5 Å². The third kappa shape index (κ3) is 6.19. The second kappa shape index (κ2) is 11.0. The van der Waals surface area contributed by atoms with E-state index in [1.165, 1.54) is 6.07 Å². The molecule has 0 saturated carbocycles.